The van der Waals surface area contributed by atoms with Gasteiger partial charge in [-0.05, 0) is 26.0 Å². The Morgan fingerprint density at radius 2 is 1.72 bits per heavy atom. The number of halogens is 1. The van der Waals surface area contributed by atoms with Crippen LogP contribution in [0.3, 0.4) is 0 Å². The van der Waals surface area contributed by atoms with Gasteiger partial charge in [0.25, 0.3) is 0 Å². The average molecular weight is 480 g/mol. The Bertz CT molecular complexity index is 1240. The van der Waals surface area contributed by atoms with Crippen molar-refractivity contribution in [3.63, 3.8) is 0 Å². The number of sulfonamides is 1. The maximum absolute atomic E-state index is 12.4. The standard InChI is InChI=1S/C21H26ClN5O4S/c1-14(2)32(28,29)27-9-7-25(8-10-27)20-5-6-26-13-17(23-21(26)24-20)15-11-16(22)19(31-4)12-18(15)30-3/h5-6,11-14H,7-10H2,1-4H3. The lowest BCUT2D eigenvalue weighted by Gasteiger charge is -2.35. The first-order chi connectivity index (χ1) is 15.2. The zero-order chi connectivity index (χ0) is 23.0. The van der Waals surface area contributed by atoms with Crippen molar-refractivity contribution >= 4 is 33.2 Å². The van der Waals surface area contributed by atoms with Gasteiger partial charge in [-0.15, -0.1) is 0 Å². The van der Waals surface area contributed by atoms with Crippen molar-refractivity contribution < 1.29 is 17.9 Å². The molecule has 1 saturated heterocycles. The molecule has 11 heteroatoms. The first-order valence-electron chi connectivity index (χ1n) is 10.3. The highest BCUT2D eigenvalue weighted by Gasteiger charge is 2.29. The summed E-state index contributed by atoms with van der Waals surface area (Å²) in [4.78, 5) is 11.4. The van der Waals surface area contributed by atoms with Crippen LogP contribution in [-0.4, -0.2) is 72.7 Å². The Morgan fingerprint density at radius 1 is 1.03 bits per heavy atom. The minimum Gasteiger partial charge on any atom is -0.496 e. The lowest BCUT2D eigenvalue weighted by atomic mass is 10.1. The molecule has 3 heterocycles. The number of piperazine rings is 1. The molecule has 9 nitrogen and oxygen atoms in total. The number of anilines is 1. The second-order valence-corrected chi connectivity index (χ2v) is 10.7. The Morgan fingerprint density at radius 3 is 2.34 bits per heavy atom. The third-order valence-electron chi connectivity index (χ3n) is 5.58. The highest BCUT2D eigenvalue weighted by molar-refractivity contribution is 7.89. The number of hydrogen-bond donors (Lipinski definition) is 0. The molecule has 0 saturated carbocycles. The van der Waals surface area contributed by atoms with E-state index < -0.39 is 15.3 Å². The zero-order valence-electron chi connectivity index (χ0n) is 18.4. The van der Waals surface area contributed by atoms with Gasteiger partial charge in [-0.1, -0.05) is 11.6 Å². The number of imidazole rings is 1. The quantitative estimate of drug-likeness (QED) is 0.537. The molecule has 0 aliphatic carbocycles. The van der Waals surface area contributed by atoms with Crippen LogP contribution in [0.4, 0.5) is 5.82 Å². The monoisotopic (exact) mass is 479 g/mol. The topological polar surface area (TPSA) is 89.3 Å². The second-order valence-electron chi connectivity index (χ2n) is 7.79. The van der Waals surface area contributed by atoms with Gasteiger partial charge in [-0.2, -0.15) is 9.29 Å². The van der Waals surface area contributed by atoms with Crippen molar-refractivity contribution in [1.82, 2.24) is 18.7 Å². The van der Waals surface area contributed by atoms with E-state index in [2.05, 4.69) is 9.88 Å². The van der Waals surface area contributed by atoms with E-state index in [-0.39, 0.29) is 0 Å². The smallest absolute Gasteiger partial charge is 0.236 e. The maximum Gasteiger partial charge on any atom is 0.236 e. The average Bonchev–Trinajstić information content (AvgIpc) is 3.22. The number of methoxy groups -OCH3 is 2. The third-order valence-corrected chi connectivity index (χ3v) is 8.15. The summed E-state index contributed by atoms with van der Waals surface area (Å²) in [6.45, 7) is 5.44. The lowest BCUT2D eigenvalue weighted by Crippen LogP contribution is -2.50. The van der Waals surface area contributed by atoms with Crippen molar-refractivity contribution in [3.8, 4) is 22.8 Å². The fourth-order valence-corrected chi connectivity index (χ4v) is 5.21. The van der Waals surface area contributed by atoms with E-state index >= 15 is 0 Å². The largest absolute Gasteiger partial charge is 0.496 e. The normalized spacial score (nSPS) is 15.5. The molecule has 0 spiro atoms. The first kappa shape index (κ1) is 22.6. The lowest BCUT2D eigenvalue weighted by molar-refractivity contribution is 0.380. The molecule has 3 aromatic rings. The fourth-order valence-electron chi connectivity index (χ4n) is 3.70. The molecule has 4 rings (SSSR count). The van der Waals surface area contributed by atoms with Crippen molar-refractivity contribution in [2.45, 2.75) is 19.1 Å². The van der Waals surface area contributed by atoms with Gasteiger partial charge in [0, 0.05) is 50.2 Å². The van der Waals surface area contributed by atoms with Crippen molar-refractivity contribution in [2.75, 3.05) is 45.3 Å². The van der Waals surface area contributed by atoms with Crippen molar-refractivity contribution in [1.29, 1.82) is 0 Å². The van der Waals surface area contributed by atoms with Crippen molar-refractivity contribution in [3.05, 3.63) is 35.6 Å². The molecule has 0 amide bonds. The fraction of sp³-hybridized carbons (Fsp3) is 0.429. The predicted octanol–water partition coefficient (Wildman–Crippen LogP) is 2.93. The number of aromatic nitrogens is 3. The second kappa shape index (κ2) is 8.76. The van der Waals surface area contributed by atoms with Crippen LogP contribution >= 0.6 is 11.6 Å². The predicted molar refractivity (Wildman–Crippen MR) is 124 cm³/mol. The van der Waals surface area contributed by atoms with Gasteiger partial charge in [0.15, 0.2) is 0 Å². The van der Waals surface area contributed by atoms with Gasteiger partial charge in [-0.25, -0.2) is 13.4 Å². The van der Waals surface area contributed by atoms with E-state index in [0.29, 0.717) is 54.2 Å². The van der Waals surface area contributed by atoms with Crippen LogP contribution in [0.5, 0.6) is 11.5 Å². The van der Waals surface area contributed by atoms with Crippen LogP contribution in [0, 0.1) is 0 Å². The van der Waals surface area contributed by atoms with E-state index in [4.69, 9.17) is 26.1 Å². The summed E-state index contributed by atoms with van der Waals surface area (Å²) in [6, 6.07) is 5.39. The van der Waals surface area contributed by atoms with Crippen molar-refractivity contribution in [2.24, 2.45) is 0 Å². The number of rotatable bonds is 6. The van der Waals surface area contributed by atoms with E-state index in [1.54, 1.807) is 44.5 Å². The number of ether oxygens (including phenoxy) is 2. The molecular weight excluding hydrogens is 454 g/mol. The molecule has 1 aromatic carbocycles. The molecule has 1 aliphatic heterocycles. The molecule has 0 atom stereocenters. The van der Waals surface area contributed by atoms with Gasteiger partial charge < -0.3 is 14.4 Å². The molecule has 0 radical (unpaired) electrons. The summed E-state index contributed by atoms with van der Waals surface area (Å²) in [6.07, 6.45) is 3.75. The van der Waals surface area contributed by atoms with Crippen LogP contribution in [0.15, 0.2) is 30.6 Å². The minimum atomic E-state index is -3.24. The Hall–Kier alpha value is -2.56. The first-order valence-corrected chi connectivity index (χ1v) is 12.1. The van der Waals surface area contributed by atoms with Crippen LogP contribution in [0.1, 0.15) is 13.8 Å². The third kappa shape index (κ3) is 4.10. The summed E-state index contributed by atoms with van der Waals surface area (Å²) < 4.78 is 39.0. The highest BCUT2D eigenvalue weighted by Crippen LogP contribution is 2.38. The minimum absolute atomic E-state index is 0.421. The summed E-state index contributed by atoms with van der Waals surface area (Å²) in [5, 5.41) is 0.0403. The Kier molecular flexibility index (Phi) is 6.19. The van der Waals surface area contributed by atoms with Gasteiger partial charge in [-0.3, -0.25) is 4.40 Å². The van der Waals surface area contributed by atoms with E-state index in [9.17, 15) is 8.42 Å². The number of fused-ring (bicyclic) bond motifs is 1. The Balaban J connectivity index is 1.59. The van der Waals surface area contributed by atoms with Gasteiger partial charge in [0.05, 0.1) is 30.2 Å². The summed E-state index contributed by atoms with van der Waals surface area (Å²) in [5.41, 5.74) is 1.40. The number of hydrogen-bond acceptors (Lipinski definition) is 7. The van der Waals surface area contributed by atoms with Gasteiger partial charge >= 0.3 is 0 Å². The van der Waals surface area contributed by atoms with Gasteiger partial charge in [0.1, 0.15) is 17.3 Å². The number of benzene rings is 1. The zero-order valence-corrected chi connectivity index (χ0v) is 20.0. The summed E-state index contributed by atoms with van der Waals surface area (Å²) in [7, 11) is -0.113. The van der Waals surface area contributed by atoms with Crippen LogP contribution in [0.25, 0.3) is 17.0 Å². The molecular formula is C21H26ClN5O4S. The molecule has 0 unspecified atom stereocenters. The van der Waals surface area contributed by atoms with Gasteiger partial charge in [0.2, 0.25) is 15.8 Å². The molecule has 0 bridgehead atoms. The van der Waals surface area contributed by atoms with E-state index in [0.717, 1.165) is 11.4 Å². The van der Waals surface area contributed by atoms with E-state index in [1.165, 1.54) is 0 Å². The van der Waals surface area contributed by atoms with Crippen LogP contribution in [0.2, 0.25) is 5.02 Å². The number of nitrogens with zero attached hydrogens (tertiary/aromatic N) is 5. The molecule has 2 aromatic heterocycles. The molecule has 1 fully saturated rings. The molecule has 32 heavy (non-hydrogen) atoms. The highest BCUT2D eigenvalue weighted by atomic mass is 35.5. The summed E-state index contributed by atoms with van der Waals surface area (Å²) in [5.74, 6) is 2.41. The molecule has 0 N–H and O–H groups in total. The van der Waals surface area contributed by atoms with Crippen LogP contribution < -0.4 is 14.4 Å². The Labute approximate surface area is 192 Å². The SMILES string of the molecule is COc1cc(OC)c(-c2cn3ccc(N4CCN(S(=O)(=O)C(C)C)CC4)nc3n2)cc1Cl. The molecule has 172 valence electrons. The summed E-state index contributed by atoms with van der Waals surface area (Å²) >= 11 is 6.31. The maximum atomic E-state index is 12.4. The molecule has 1 aliphatic rings. The van der Waals surface area contributed by atoms with Crippen LogP contribution in [-0.2, 0) is 10.0 Å². The van der Waals surface area contributed by atoms with E-state index in [1.807, 2.05) is 22.9 Å².